The second-order valence-electron chi connectivity index (χ2n) is 6.38. The molecule has 1 aromatic heterocycles. The summed E-state index contributed by atoms with van der Waals surface area (Å²) in [6.07, 6.45) is 4.17. The molecule has 1 fully saturated rings. The van der Waals surface area contributed by atoms with Crippen LogP contribution in [-0.4, -0.2) is 22.9 Å². The van der Waals surface area contributed by atoms with Gasteiger partial charge in [-0.25, -0.2) is 4.79 Å². The van der Waals surface area contributed by atoms with Gasteiger partial charge in [-0.05, 0) is 49.8 Å². The van der Waals surface area contributed by atoms with E-state index in [1.807, 2.05) is 18.2 Å². The Morgan fingerprint density at radius 1 is 1.29 bits per heavy atom. The molecule has 0 N–H and O–H groups in total. The van der Waals surface area contributed by atoms with E-state index in [0.717, 1.165) is 12.8 Å². The highest BCUT2D eigenvalue weighted by Crippen LogP contribution is 2.30. The molecular weight excluding hydrogens is 322 g/mol. The molecule has 24 heavy (non-hydrogen) atoms. The van der Waals surface area contributed by atoms with E-state index in [9.17, 15) is 4.79 Å². The molecule has 0 saturated carbocycles. The van der Waals surface area contributed by atoms with Gasteiger partial charge in [-0.3, -0.25) is 0 Å². The second-order valence-corrected chi connectivity index (χ2v) is 6.80. The molecule has 126 valence electrons. The molecule has 3 rings (SSSR count). The average Bonchev–Trinajstić information content (AvgIpc) is 2.60. The van der Waals surface area contributed by atoms with E-state index < -0.39 is 11.6 Å². The molecule has 0 spiro atoms. The highest BCUT2D eigenvalue weighted by atomic mass is 32.1. The number of hydrogen-bond donors (Lipinski definition) is 0. The number of carbonyl (C=O) groups excluding carboxylic acids is 1. The highest BCUT2D eigenvalue weighted by Gasteiger charge is 2.41. The molecule has 0 aliphatic carbocycles. The van der Waals surface area contributed by atoms with Gasteiger partial charge in [0.2, 0.25) is 0 Å². The van der Waals surface area contributed by atoms with E-state index in [-0.39, 0.29) is 0 Å². The summed E-state index contributed by atoms with van der Waals surface area (Å²) in [6.45, 7) is 2.35. The Labute approximate surface area is 147 Å². The van der Waals surface area contributed by atoms with Gasteiger partial charge in [0.25, 0.3) is 0 Å². The predicted molar refractivity (Wildman–Crippen MR) is 94.1 cm³/mol. The number of pyridine rings is 1. The minimum absolute atomic E-state index is 0.400. The normalized spacial score (nSPS) is 23.6. The Balaban J connectivity index is 1.59. The first-order valence-electron chi connectivity index (χ1n) is 8.15. The van der Waals surface area contributed by atoms with Gasteiger partial charge in [0.1, 0.15) is 4.64 Å². The quantitative estimate of drug-likeness (QED) is 0.795. The Hall–Kier alpha value is -1.98. The van der Waals surface area contributed by atoms with Gasteiger partial charge in [0.05, 0.1) is 6.61 Å². The molecule has 0 unspecified atom stereocenters. The van der Waals surface area contributed by atoms with Gasteiger partial charge in [0, 0.05) is 6.20 Å². The standard InChI is InChI=1S/C19H21NO3S/c1-19(18(21)23-20-12-6-5-9-17(20)24)11-10-16(14-22-19)13-15-7-3-2-4-8-15/h2-9,12,16H,10-11,13-14H2,1H3/t16-,19-/m0/s1. The topological polar surface area (TPSA) is 40.5 Å². The first-order valence-corrected chi connectivity index (χ1v) is 8.56. The Morgan fingerprint density at radius 3 is 2.71 bits per heavy atom. The van der Waals surface area contributed by atoms with Crippen molar-refractivity contribution in [3.63, 3.8) is 0 Å². The number of carbonyl (C=O) groups is 1. The van der Waals surface area contributed by atoms with Gasteiger partial charge in [-0.15, -0.1) is 0 Å². The SMILES string of the molecule is C[C@@]1(C(=O)On2ccccc2=S)CC[C@@H](Cc2ccccc2)CO1. The third-order valence-electron chi connectivity index (χ3n) is 4.44. The number of rotatable bonds is 4. The molecule has 0 amide bonds. The molecule has 2 atom stereocenters. The fourth-order valence-corrected chi connectivity index (χ4v) is 3.06. The molecular formula is C19H21NO3S. The van der Waals surface area contributed by atoms with Crippen LogP contribution >= 0.6 is 12.2 Å². The van der Waals surface area contributed by atoms with Gasteiger partial charge >= 0.3 is 5.97 Å². The summed E-state index contributed by atoms with van der Waals surface area (Å²) in [5.74, 6) is 0.0233. The lowest BCUT2D eigenvalue weighted by Gasteiger charge is -2.35. The first kappa shape index (κ1) is 16.9. The van der Waals surface area contributed by atoms with Crippen LogP contribution in [-0.2, 0) is 16.0 Å². The average molecular weight is 343 g/mol. The molecule has 0 radical (unpaired) electrons. The third kappa shape index (κ3) is 3.91. The summed E-state index contributed by atoms with van der Waals surface area (Å²) in [5.41, 5.74) is 0.380. The van der Waals surface area contributed by atoms with E-state index in [0.29, 0.717) is 23.6 Å². The molecule has 2 aromatic rings. The summed E-state index contributed by atoms with van der Waals surface area (Å²) in [7, 11) is 0. The van der Waals surface area contributed by atoms with Gasteiger partial charge < -0.3 is 9.57 Å². The summed E-state index contributed by atoms with van der Waals surface area (Å²) < 4.78 is 7.66. The molecule has 1 aliphatic rings. The van der Waals surface area contributed by atoms with E-state index >= 15 is 0 Å². The van der Waals surface area contributed by atoms with Gasteiger partial charge in [-0.2, -0.15) is 4.73 Å². The molecule has 1 aliphatic heterocycles. The number of aromatic nitrogens is 1. The van der Waals surface area contributed by atoms with Crippen molar-refractivity contribution in [1.82, 2.24) is 4.73 Å². The van der Waals surface area contributed by atoms with E-state index in [1.54, 1.807) is 31.3 Å². The maximum atomic E-state index is 12.5. The second kappa shape index (κ2) is 7.28. The van der Waals surface area contributed by atoms with Crippen LogP contribution < -0.4 is 4.84 Å². The molecule has 0 bridgehead atoms. The molecule has 1 aromatic carbocycles. The summed E-state index contributed by atoms with van der Waals surface area (Å²) in [4.78, 5) is 17.9. The minimum Gasteiger partial charge on any atom is -0.363 e. The van der Waals surface area contributed by atoms with Crippen LogP contribution in [0.15, 0.2) is 54.7 Å². The zero-order valence-corrected chi connectivity index (χ0v) is 14.5. The van der Waals surface area contributed by atoms with E-state index in [2.05, 4.69) is 12.1 Å². The smallest absolute Gasteiger partial charge is 0.363 e. The maximum Gasteiger partial charge on any atom is 0.364 e. The van der Waals surface area contributed by atoms with Crippen molar-refractivity contribution in [2.24, 2.45) is 5.92 Å². The van der Waals surface area contributed by atoms with Gasteiger partial charge in [0.15, 0.2) is 5.60 Å². The van der Waals surface area contributed by atoms with Crippen molar-refractivity contribution in [3.05, 3.63) is 64.9 Å². The Kier molecular flexibility index (Phi) is 5.11. The molecule has 2 heterocycles. The minimum atomic E-state index is -0.919. The number of benzene rings is 1. The number of ether oxygens (including phenoxy) is 1. The van der Waals surface area contributed by atoms with Crippen molar-refractivity contribution in [3.8, 4) is 0 Å². The van der Waals surface area contributed by atoms with Crippen LogP contribution in [0.1, 0.15) is 25.3 Å². The highest BCUT2D eigenvalue weighted by molar-refractivity contribution is 7.71. The van der Waals surface area contributed by atoms with Crippen LogP contribution in [0, 0.1) is 10.6 Å². The molecule has 5 heteroatoms. The lowest BCUT2D eigenvalue weighted by molar-refractivity contribution is -0.180. The van der Waals surface area contributed by atoms with Crippen LogP contribution in [0.3, 0.4) is 0 Å². The predicted octanol–water partition coefficient (Wildman–Crippen LogP) is 3.60. The number of nitrogens with zero attached hydrogens (tertiary/aromatic N) is 1. The lowest BCUT2D eigenvalue weighted by atomic mass is 9.87. The van der Waals surface area contributed by atoms with Crippen molar-refractivity contribution in [2.75, 3.05) is 6.61 Å². The van der Waals surface area contributed by atoms with Crippen molar-refractivity contribution in [2.45, 2.75) is 31.8 Å². The molecule has 1 saturated heterocycles. The van der Waals surface area contributed by atoms with Crippen molar-refractivity contribution >= 4 is 18.2 Å². The zero-order chi connectivity index (χ0) is 17.0. The fourth-order valence-electron chi connectivity index (χ4n) is 2.88. The van der Waals surface area contributed by atoms with Gasteiger partial charge in [-0.1, -0.05) is 48.6 Å². The summed E-state index contributed by atoms with van der Waals surface area (Å²) in [6, 6.07) is 15.6. The van der Waals surface area contributed by atoms with Crippen LogP contribution in [0.4, 0.5) is 0 Å². The first-order chi connectivity index (χ1) is 11.6. The zero-order valence-electron chi connectivity index (χ0n) is 13.7. The van der Waals surface area contributed by atoms with Crippen molar-refractivity contribution < 1.29 is 14.4 Å². The Morgan fingerprint density at radius 2 is 2.04 bits per heavy atom. The largest absolute Gasteiger partial charge is 0.364 e. The van der Waals surface area contributed by atoms with Crippen molar-refractivity contribution in [1.29, 1.82) is 0 Å². The van der Waals surface area contributed by atoms with Crippen LogP contribution in [0.2, 0.25) is 0 Å². The van der Waals surface area contributed by atoms with E-state index in [1.165, 1.54) is 10.3 Å². The maximum absolute atomic E-state index is 12.5. The fraction of sp³-hybridized carbons (Fsp3) is 0.368. The monoisotopic (exact) mass is 343 g/mol. The lowest BCUT2D eigenvalue weighted by Crippen LogP contribution is -2.48. The summed E-state index contributed by atoms with van der Waals surface area (Å²) >= 11 is 5.14. The Bertz CT molecular complexity index is 748. The number of hydrogen-bond acceptors (Lipinski definition) is 4. The van der Waals surface area contributed by atoms with Crippen LogP contribution in [0.5, 0.6) is 0 Å². The van der Waals surface area contributed by atoms with Crippen LogP contribution in [0.25, 0.3) is 0 Å². The summed E-state index contributed by atoms with van der Waals surface area (Å²) in [5, 5.41) is 0. The third-order valence-corrected chi connectivity index (χ3v) is 4.75. The molecule has 4 nitrogen and oxygen atoms in total. The van der Waals surface area contributed by atoms with E-state index in [4.69, 9.17) is 21.8 Å².